The first kappa shape index (κ1) is 22.5. The average Bonchev–Trinajstić information content (AvgIpc) is 3.56. The van der Waals surface area contributed by atoms with Crippen molar-refractivity contribution in [3.8, 4) is 0 Å². The third-order valence-electron chi connectivity index (χ3n) is 4.99. The van der Waals surface area contributed by atoms with Crippen LogP contribution in [-0.4, -0.2) is 27.3 Å². The van der Waals surface area contributed by atoms with E-state index >= 15 is 0 Å². The van der Waals surface area contributed by atoms with Crippen LogP contribution in [-0.2, 0) is 17.9 Å². The summed E-state index contributed by atoms with van der Waals surface area (Å²) in [6.45, 7) is 0.738. The van der Waals surface area contributed by atoms with Gasteiger partial charge in [-0.1, -0.05) is 18.2 Å². The van der Waals surface area contributed by atoms with Crippen molar-refractivity contribution in [2.45, 2.75) is 19.5 Å². The number of para-hydroxylation sites is 1. The molecule has 4 aromatic rings. The molecule has 0 radical (unpaired) electrons. The van der Waals surface area contributed by atoms with Crippen LogP contribution in [0.3, 0.4) is 0 Å². The Kier molecular flexibility index (Phi) is 7.14. The van der Waals surface area contributed by atoms with Crippen molar-refractivity contribution in [2.75, 3.05) is 10.6 Å². The number of furan rings is 1. The molecule has 0 aliphatic carbocycles. The second kappa shape index (κ2) is 10.8. The van der Waals surface area contributed by atoms with E-state index in [0.717, 1.165) is 0 Å². The molecule has 0 saturated carbocycles. The number of benzene rings is 2. The molecule has 172 valence electrons. The normalized spacial score (nSPS) is 10.5. The van der Waals surface area contributed by atoms with Gasteiger partial charge in [0, 0.05) is 36.6 Å². The van der Waals surface area contributed by atoms with Crippen LogP contribution in [0.5, 0.6) is 0 Å². The Labute approximate surface area is 195 Å². The molecule has 0 spiro atoms. The van der Waals surface area contributed by atoms with Gasteiger partial charge < -0.3 is 24.9 Å². The summed E-state index contributed by atoms with van der Waals surface area (Å²) in [7, 11) is 0. The fraction of sp³-hybridized carbons (Fsp3) is 0.120. The molecule has 3 N–H and O–H groups in total. The molecular weight excluding hydrogens is 434 g/mol. The number of amides is 3. The number of hydrogen-bond donors (Lipinski definition) is 3. The van der Waals surface area contributed by atoms with Gasteiger partial charge in [0.15, 0.2) is 0 Å². The molecule has 2 heterocycles. The van der Waals surface area contributed by atoms with Crippen LogP contribution in [0.2, 0.25) is 0 Å². The van der Waals surface area contributed by atoms with Crippen LogP contribution in [0.15, 0.2) is 90.1 Å². The van der Waals surface area contributed by atoms with Crippen molar-refractivity contribution >= 4 is 29.1 Å². The first-order valence-electron chi connectivity index (χ1n) is 10.6. The van der Waals surface area contributed by atoms with Crippen molar-refractivity contribution in [3.05, 3.63) is 103 Å². The smallest absolute Gasteiger partial charge is 0.255 e. The lowest BCUT2D eigenvalue weighted by atomic mass is 10.1. The van der Waals surface area contributed by atoms with Crippen LogP contribution in [0, 0.1) is 0 Å². The molecule has 0 unspecified atom stereocenters. The molecule has 0 atom stereocenters. The lowest BCUT2D eigenvalue weighted by molar-refractivity contribution is -0.116. The number of anilines is 2. The van der Waals surface area contributed by atoms with Gasteiger partial charge in [0.05, 0.1) is 30.4 Å². The third-order valence-corrected chi connectivity index (χ3v) is 4.99. The molecule has 4 rings (SSSR count). The number of imidazole rings is 1. The van der Waals surface area contributed by atoms with Gasteiger partial charge in [0.2, 0.25) is 5.91 Å². The van der Waals surface area contributed by atoms with Gasteiger partial charge in [0.1, 0.15) is 5.76 Å². The van der Waals surface area contributed by atoms with E-state index in [1.165, 1.54) is 6.26 Å². The van der Waals surface area contributed by atoms with E-state index in [-0.39, 0.29) is 24.8 Å². The summed E-state index contributed by atoms with van der Waals surface area (Å²) in [5.74, 6) is -0.296. The third kappa shape index (κ3) is 5.98. The maximum atomic E-state index is 12.9. The molecule has 2 aromatic heterocycles. The Bertz CT molecular complexity index is 1270. The topological polar surface area (TPSA) is 118 Å². The van der Waals surface area contributed by atoms with Crippen LogP contribution in [0.1, 0.15) is 32.9 Å². The molecule has 0 fully saturated rings. The Hall–Kier alpha value is -4.66. The maximum Gasteiger partial charge on any atom is 0.255 e. The molecule has 34 heavy (non-hydrogen) atoms. The second-order valence-corrected chi connectivity index (χ2v) is 7.44. The van der Waals surface area contributed by atoms with Crippen molar-refractivity contribution in [3.63, 3.8) is 0 Å². The summed E-state index contributed by atoms with van der Waals surface area (Å²) >= 11 is 0. The minimum absolute atomic E-state index is 0.176. The summed E-state index contributed by atoms with van der Waals surface area (Å²) in [5, 5.41) is 8.35. The van der Waals surface area contributed by atoms with Crippen molar-refractivity contribution in [1.29, 1.82) is 0 Å². The zero-order valence-corrected chi connectivity index (χ0v) is 18.2. The van der Waals surface area contributed by atoms with Gasteiger partial charge in [-0.15, -0.1) is 0 Å². The van der Waals surface area contributed by atoms with Gasteiger partial charge in [-0.2, -0.15) is 0 Å². The number of aromatic nitrogens is 2. The monoisotopic (exact) mass is 457 g/mol. The highest BCUT2D eigenvalue weighted by Crippen LogP contribution is 2.18. The lowest BCUT2D eigenvalue weighted by Crippen LogP contribution is -2.24. The zero-order valence-electron chi connectivity index (χ0n) is 18.2. The van der Waals surface area contributed by atoms with Crippen molar-refractivity contribution in [1.82, 2.24) is 14.9 Å². The molecular formula is C25H23N5O4. The van der Waals surface area contributed by atoms with E-state index in [2.05, 4.69) is 20.9 Å². The van der Waals surface area contributed by atoms with Crippen LogP contribution < -0.4 is 16.0 Å². The quantitative estimate of drug-likeness (QED) is 0.354. The second-order valence-electron chi connectivity index (χ2n) is 7.44. The van der Waals surface area contributed by atoms with Gasteiger partial charge in [0.25, 0.3) is 11.8 Å². The number of nitrogens with zero attached hydrogens (tertiary/aromatic N) is 2. The minimum Gasteiger partial charge on any atom is -0.467 e. The lowest BCUT2D eigenvalue weighted by Gasteiger charge is -2.12. The Balaban J connectivity index is 1.38. The molecule has 2 aromatic carbocycles. The number of carbonyl (C=O) groups is 3. The van der Waals surface area contributed by atoms with E-state index < -0.39 is 5.91 Å². The highest BCUT2D eigenvalue weighted by molar-refractivity contribution is 6.09. The molecule has 0 bridgehead atoms. The Morgan fingerprint density at radius 2 is 1.82 bits per heavy atom. The van der Waals surface area contributed by atoms with Crippen molar-refractivity contribution in [2.24, 2.45) is 0 Å². The summed E-state index contributed by atoms with van der Waals surface area (Å²) in [6.07, 6.45) is 6.89. The summed E-state index contributed by atoms with van der Waals surface area (Å²) in [5.41, 5.74) is 1.55. The number of carbonyl (C=O) groups excluding carboxylic acids is 3. The van der Waals surface area contributed by atoms with E-state index in [0.29, 0.717) is 34.8 Å². The molecule has 3 amide bonds. The molecule has 9 heteroatoms. The molecule has 0 aliphatic heterocycles. The predicted molar refractivity (Wildman–Crippen MR) is 126 cm³/mol. The van der Waals surface area contributed by atoms with Gasteiger partial charge >= 0.3 is 0 Å². The highest BCUT2D eigenvalue weighted by atomic mass is 16.3. The fourth-order valence-electron chi connectivity index (χ4n) is 3.27. The van der Waals surface area contributed by atoms with E-state index in [1.54, 1.807) is 79.4 Å². The van der Waals surface area contributed by atoms with Gasteiger partial charge in [-0.25, -0.2) is 4.98 Å². The SMILES string of the molecule is O=C(CCn1ccnc1)Nc1cccc(C(=O)Nc2ccccc2C(=O)NCc2ccco2)c1. The van der Waals surface area contributed by atoms with Crippen LogP contribution >= 0.6 is 0 Å². The summed E-state index contributed by atoms with van der Waals surface area (Å²) in [4.78, 5) is 41.7. The fourth-order valence-corrected chi connectivity index (χ4v) is 3.27. The standard InChI is InChI=1S/C25H23N5O4/c31-23(10-12-30-13-11-26-17-30)28-19-6-3-5-18(15-19)24(32)29-22-9-2-1-8-21(22)25(33)27-16-20-7-4-14-34-20/h1-9,11,13-15,17H,10,12,16H2,(H,27,33)(H,28,31)(H,29,32). The Morgan fingerprint density at radius 1 is 0.941 bits per heavy atom. The predicted octanol–water partition coefficient (Wildman–Crippen LogP) is 3.69. The first-order valence-corrected chi connectivity index (χ1v) is 10.6. The zero-order chi connectivity index (χ0) is 23.8. The number of nitrogens with one attached hydrogen (secondary N) is 3. The largest absolute Gasteiger partial charge is 0.467 e. The molecule has 0 saturated heterocycles. The highest BCUT2D eigenvalue weighted by Gasteiger charge is 2.15. The van der Waals surface area contributed by atoms with Gasteiger partial charge in [-0.05, 0) is 42.5 Å². The Morgan fingerprint density at radius 3 is 2.62 bits per heavy atom. The van der Waals surface area contributed by atoms with Gasteiger partial charge in [-0.3, -0.25) is 14.4 Å². The van der Waals surface area contributed by atoms with Crippen LogP contribution in [0.4, 0.5) is 11.4 Å². The number of rotatable bonds is 9. The summed E-state index contributed by atoms with van der Waals surface area (Å²) < 4.78 is 7.04. The summed E-state index contributed by atoms with van der Waals surface area (Å²) in [6, 6.07) is 16.9. The van der Waals surface area contributed by atoms with E-state index in [1.807, 2.05) is 4.57 Å². The molecule has 9 nitrogen and oxygen atoms in total. The number of hydrogen-bond acceptors (Lipinski definition) is 5. The maximum absolute atomic E-state index is 12.9. The first-order chi connectivity index (χ1) is 16.6. The number of aryl methyl sites for hydroxylation is 1. The van der Waals surface area contributed by atoms with Crippen molar-refractivity contribution < 1.29 is 18.8 Å². The average molecular weight is 457 g/mol. The van der Waals surface area contributed by atoms with E-state index in [4.69, 9.17) is 4.42 Å². The van der Waals surface area contributed by atoms with Crippen LogP contribution in [0.25, 0.3) is 0 Å². The molecule has 0 aliphatic rings. The minimum atomic E-state index is -0.402. The van der Waals surface area contributed by atoms with E-state index in [9.17, 15) is 14.4 Å².